The van der Waals surface area contributed by atoms with E-state index < -0.39 is 11.8 Å². The van der Waals surface area contributed by atoms with E-state index in [4.69, 9.17) is 4.74 Å². The number of urea groups is 1. The standard InChI is InChI=1S/C17H15FN4O2S/c18-12-3-1-4-13(11-12)20-17(23)19-8-9-24-16-7-6-14(21-22-16)15-5-2-10-25-15/h1-7,10-11H,8-9H2,(H2,19,20,23). The molecule has 2 N–H and O–H groups in total. The maximum absolute atomic E-state index is 13.0. The Morgan fingerprint density at radius 3 is 2.80 bits per heavy atom. The summed E-state index contributed by atoms with van der Waals surface area (Å²) in [5.41, 5.74) is 1.17. The van der Waals surface area contributed by atoms with E-state index in [0.717, 1.165) is 10.6 Å². The second-order valence-electron chi connectivity index (χ2n) is 4.97. The van der Waals surface area contributed by atoms with Crippen molar-refractivity contribution in [2.45, 2.75) is 0 Å². The zero-order valence-corrected chi connectivity index (χ0v) is 13.9. The van der Waals surface area contributed by atoms with Crippen molar-refractivity contribution < 1.29 is 13.9 Å². The molecule has 0 atom stereocenters. The average molecular weight is 358 g/mol. The van der Waals surface area contributed by atoms with E-state index in [9.17, 15) is 9.18 Å². The summed E-state index contributed by atoms with van der Waals surface area (Å²) in [6.07, 6.45) is 0. The Morgan fingerprint density at radius 2 is 2.08 bits per heavy atom. The molecular weight excluding hydrogens is 343 g/mol. The summed E-state index contributed by atoms with van der Waals surface area (Å²) in [5.74, 6) is -0.0293. The van der Waals surface area contributed by atoms with Gasteiger partial charge in [0.25, 0.3) is 0 Å². The quantitative estimate of drug-likeness (QED) is 0.661. The molecule has 1 aromatic carbocycles. The van der Waals surface area contributed by atoms with Crippen LogP contribution in [0.3, 0.4) is 0 Å². The minimum absolute atomic E-state index is 0.240. The van der Waals surface area contributed by atoms with Crippen LogP contribution in [0.2, 0.25) is 0 Å². The molecule has 0 fully saturated rings. The molecule has 3 rings (SSSR count). The Balaban J connectivity index is 1.40. The minimum Gasteiger partial charge on any atom is -0.475 e. The van der Waals surface area contributed by atoms with Gasteiger partial charge >= 0.3 is 6.03 Å². The summed E-state index contributed by atoms with van der Waals surface area (Å²) >= 11 is 1.59. The van der Waals surface area contributed by atoms with Crippen LogP contribution < -0.4 is 15.4 Å². The van der Waals surface area contributed by atoms with Gasteiger partial charge in [0, 0.05) is 11.8 Å². The predicted octanol–water partition coefficient (Wildman–Crippen LogP) is 3.54. The minimum atomic E-state index is -0.437. The number of carbonyl (C=O) groups excluding carboxylic acids is 1. The molecule has 2 heterocycles. The van der Waals surface area contributed by atoms with Gasteiger partial charge in [0.2, 0.25) is 5.88 Å². The lowest BCUT2D eigenvalue weighted by Crippen LogP contribution is -2.32. The highest BCUT2D eigenvalue weighted by atomic mass is 32.1. The Kier molecular flexibility index (Phi) is 5.53. The van der Waals surface area contributed by atoms with E-state index in [1.54, 1.807) is 23.5 Å². The normalized spacial score (nSPS) is 10.3. The number of nitrogens with zero attached hydrogens (tertiary/aromatic N) is 2. The molecule has 2 amide bonds. The van der Waals surface area contributed by atoms with Crippen LogP contribution in [0.25, 0.3) is 10.6 Å². The molecule has 0 radical (unpaired) electrons. The summed E-state index contributed by atoms with van der Waals surface area (Å²) < 4.78 is 18.5. The molecule has 6 nitrogen and oxygen atoms in total. The monoisotopic (exact) mass is 358 g/mol. The number of benzene rings is 1. The third-order valence-corrected chi connectivity index (χ3v) is 4.03. The van der Waals surface area contributed by atoms with Crippen LogP contribution in [0.4, 0.5) is 14.9 Å². The van der Waals surface area contributed by atoms with E-state index in [1.807, 2.05) is 23.6 Å². The van der Waals surface area contributed by atoms with Crippen LogP contribution in [0.1, 0.15) is 0 Å². The third-order valence-electron chi connectivity index (χ3n) is 3.13. The number of anilines is 1. The molecule has 128 valence electrons. The number of thiophene rings is 1. The Hall–Kier alpha value is -3.00. The summed E-state index contributed by atoms with van der Waals surface area (Å²) in [4.78, 5) is 12.7. The number of halogens is 1. The van der Waals surface area contributed by atoms with Crippen LogP contribution in [0, 0.1) is 5.82 Å². The Labute approximate surface area is 147 Å². The highest BCUT2D eigenvalue weighted by Crippen LogP contribution is 2.22. The Bertz CT molecular complexity index is 825. The number of amides is 2. The number of hydrogen-bond donors (Lipinski definition) is 2. The number of nitrogens with one attached hydrogen (secondary N) is 2. The molecule has 3 aromatic rings. The number of ether oxygens (including phenoxy) is 1. The topological polar surface area (TPSA) is 76.1 Å². The van der Waals surface area contributed by atoms with Crippen LogP contribution in [0.5, 0.6) is 5.88 Å². The fourth-order valence-electron chi connectivity index (χ4n) is 2.01. The first-order valence-electron chi connectivity index (χ1n) is 7.51. The van der Waals surface area contributed by atoms with Gasteiger partial charge in [-0.05, 0) is 35.7 Å². The van der Waals surface area contributed by atoms with Crippen molar-refractivity contribution in [2.24, 2.45) is 0 Å². The van der Waals surface area contributed by atoms with Crippen molar-refractivity contribution in [1.29, 1.82) is 0 Å². The molecule has 0 saturated carbocycles. The van der Waals surface area contributed by atoms with Gasteiger partial charge in [-0.1, -0.05) is 12.1 Å². The molecule has 0 aliphatic carbocycles. The van der Waals surface area contributed by atoms with Gasteiger partial charge in [0.1, 0.15) is 18.1 Å². The summed E-state index contributed by atoms with van der Waals surface area (Å²) in [6.45, 7) is 0.513. The van der Waals surface area contributed by atoms with Crippen molar-refractivity contribution >= 4 is 23.1 Å². The molecule has 0 saturated heterocycles. The molecule has 25 heavy (non-hydrogen) atoms. The number of carbonyl (C=O) groups is 1. The summed E-state index contributed by atoms with van der Waals surface area (Å²) in [5, 5.41) is 15.2. The molecule has 2 aromatic heterocycles. The predicted molar refractivity (Wildman–Crippen MR) is 94.3 cm³/mol. The zero-order chi connectivity index (χ0) is 17.5. The van der Waals surface area contributed by atoms with E-state index in [2.05, 4.69) is 20.8 Å². The number of hydrogen-bond acceptors (Lipinski definition) is 5. The van der Waals surface area contributed by atoms with Gasteiger partial charge in [0.15, 0.2) is 0 Å². The van der Waals surface area contributed by atoms with E-state index in [0.29, 0.717) is 11.6 Å². The molecule has 0 aliphatic heterocycles. The van der Waals surface area contributed by atoms with E-state index in [-0.39, 0.29) is 13.2 Å². The molecule has 0 bridgehead atoms. The second-order valence-corrected chi connectivity index (χ2v) is 5.92. The van der Waals surface area contributed by atoms with Crippen molar-refractivity contribution in [3.8, 4) is 16.5 Å². The number of rotatable bonds is 6. The first-order chi connectivity index (χ1) is 12.2. The largest absolute Gasteiger partial charge is 0.475 e. The summed E-state index contributed by atoms with van der Waals surface area (Å²) in [6, 6.07) is 12.7. The summed E-state index contributed by atoms with van der Waals surface area (Å²) in [7, 11) is 0. The maximum Gasteiger partial charge on any atom is 0.319 e. The molecule has 0 aliphatic rings. The molecule has 8 heteroatoms. The van der Waals surface area contributed by atoms with E-state index in [1.165, 1.54) is 18.2 Å². The molecule has 0 spiro atoms. The highest BCUT2D eigenvalue weighted by molar-refractivity contribution is 7.13. The first-order valence-corrected chi connectivity index (χ1v) is 8.39. The smallest absolute Gasteiger partial charge is 0.319 e. The van der Waals surface area contributed by atoms with Gasteiger partial charge in [-0.25, -0.2) is 9.18 Å². The first kappa shape index (κ1) is 16.8. The van der Waals surface area contributed by atoms with Gasteiger partial charge in [-0.2, -0.15) is 0 Å². The maximum atomic E-state index is 13.0. The van der Waals surface area contributed by atoms with Crippen LogP contribution in [-0.4, -0.2) is 29.4 Å². The lowest BCUT2D eigenvalue weighted by molar-refractivity contribution is 0.246. The van der Waals surface area contributed by atoms with Crippen LogP contribution in [0.15, 0.2) is 53.9 Å². The lowest BCUT2D eigenvalue weighted by atomic mass is 10.3. The fourth-order valence-corrected chi connectivity index (χ4v) is 2.70. The van der Waals surface area contributed by atoms with Crippen molar-refractivity contribution in [3.63, 3.8) is 0 Å². The molecular formula is C17H15FN4O2S. The van der Waals surface area contributed by atoms with Gasteiger partial charge < -0.3 is 15.4 Å². The van der Waals surface area contributed by atoms with Crippen molar-refractivity contribution in [2.75, 3.05) is 18.5 Å². The Morgan fingerprint density at radius 1 is 1.16 bits per heavy atom. The lowest BCUT2D eigenvalue weighted by Gasteiger charge is -2.08. The zero-order valence-electron chi connectivity index (χ0n) is 13.1. The number of aromatic nitrogens is 2. The highest BCUT2D eigenvalue weighted by Gasteiger charge is 2.04. The van der Waals surface area contributed by atoms with Crippen molar-refractivity contribution in [3.05, 3.63) is 59.7 Å². The van der Waals surface area contributed by atoms with Crippen LogP contribution >= 0.6 is 11.3 Å². The van der Waals surface area contributed by atoms with Gasteiger partial charge in [0.05, 0.1) is 11.4 Å². The second kappa shape index (κ2) is 8.20. The van der Waals surface area contributed by atoms with Gasteiger partial charge in [-0.3, -0.25) is 0 Å². The van der Waals surface area contributed by atoms with Crippen LogP contribution in [-0.2, 0) is 0 Å². The molecule has 0 unspecified atom stereocenters. The average Bonchev–Trinajstić information content (AvgIpc) is 3.14. The van der Waals surface area contributed by atoms with E-state index >= 15 is 0 Å². The van der Waals surface area contributed by atoms with Crippen molar-refractivity contribution in [1.82, 2.24) is 15.5 Å². The van der Waals surface area contributed by atoms with Gasteiger partial charge in [-0.15, -0.1) is 21.5 Å². The fraction of sp³-hybridized carbons (Fsp3) is 0.118. The SMILES string of the molecule is O=C(NCCOc1ccc(-c2cccs2)nn1)Nc1cccc(F)c1. The third kappa shape index (κ3) is 4.98.